The minimum atomic E-state index is 0.0146. The van der Waals surface area contributed by atoms with Gasteiger partial charge in [0, 0.05) is 32.3 Å². The van der Waals surface area contributed by atoms with Crippen molar-refractivity contribution in [1.29, 1.82) is 0 Å². The van der Waals surface area contributed by atoms with E-state index in [0.29, 0.717) is 18.7 Å². The molecule has 0 saturated carbocycles. The number of benzene rings is 2. The van der Waals surface area contributed by atoms with Crippen molar-refractivity contribution in [3.8, 4) is 0 Å². The van der Waals surface area contributed by atoms with E-state index in [1.165, 1.54) is 0 Å². The Bertz CT molecular complexity index is 972. The number of rotatable bonds is 6. The lowest BCUT2D eigenvalue weighted by atomic mass is 10.1. The van der Waals surface area contributed by atoms with Gasteiger partial charge >= 0.3 is 0 Å². The minimum Gasteiger partial charge on any atom is -0.376 e. The van der Waals surface area contributed by atoms with Crippen LogP contribution < -0.4 is 0 Å². The SMILES string of the molecule is Cn1cnc2cc(C(=O)N(C/C=C/c3ccccc3)C[C@@H]3CCCO3)ccc21. The maximum Gasteiger partial charge on any atom is 0.254 e. The largest absolute Gasteiger partial charge is 0.376 e. The molecule has 1 aliphatic heterocycles. The number of carbonyl (C=O) groups excluding carboxylic acids is 1. The normalized spacial score (nSPS) is 16.8. The number of carbonyl (C=O) groups is 1. The molecule has 144 valence electrons. The Kier molecular flexibility index (Phi) is 5.53. The molecule has 2 heterocycles. The summed E-state index contributed by atoms with van der Waals surface area (Å²) in [4.78, 5) is 19.5. The number of nitrogens with zero attached hydrogens (tertiary/aromatic N) is 3. The van der Waals surface area contributed by atoms with Crippen LogP contribution in [-0.4, -0.2) is 46.2 Å². The van der Waals surface area contributed by atoms with Crippen molar-refractivity contribution in [2.75, 3.05) is 19.7 Å². The summed E-state index contributed by atoms with van der Waals surface area (Å²) in [6, 6.07) is 15.8. The highest BCUT2D eigenvalue weighted by Crippen LogP contribution is 2.18. The Balaban J connectivity index is 1.53. The summed E-state index contributed by atoms with van der Waals surface area (Å²) < 4.78 is 7.73. The van der Waals surface area contributed by atoms with Crippen LogP contribution in [0.5, 0.6) is 0 Å². The van der Waals surface area contributed by atoms with Crippen molar-refractivity contribution in [2.45, 2.75) is 18.9 Å². The average Bonchev–Trinajstić information content (AvgIpc) is 3.37. The molecule has 0 spiro atoms. The van der Waals surface area contributed by atoms with E-state index in [9.17, 15) is 4.79 Å². The summed E-state index contributed by atoms with van der Waals surface area (Å²) in [6.45, 7) is 1.94. The highest BCUT2D eigenvalue weighted by molar-refractivity contribution is 5.97. The minimum absolute atomic E-state index is 0.0146. The van der Waals surface area contributed by atoms with Crippen LogP contribution in [0, 0.1) is 0 Å². The molecule has 1 aliphatic rings. The van der Waals surface area contributed by atoms with Crippen molar-refractivity contribution in [3.63, 3.8) is 0 Å². The van der Waals surface area contributed by atoms with E-state index >= 15 is 0 Å². The number of aromatic nitrogens is 2. The highest BCUT2D eigenvalue weighted by atomic mass is 16.5. The van der Waals surface area contributed by atoms with E-state index < -0.39 is 0 Å². The number of fused-ring (bicyclic) bond motifs is 1. The summed E-state index contributed by atoms with van der Waals surface area (Å²) >= 11 is 0. The van der Waals surface area contributed by atoms with Crippen LogP contribution in [0.2, 0.25) is 0 Å². The molecule has 1 fully saturated rings. The van der Waals surface area contributed by atoms with Gasteiger partial charge in [0.1, 0.15) is 0 Å². The van der Waals surface area contributed by atoms with Crippen molar-refractivity contribution in [3.05, 3.63) is 72.1 Å². The van der Waals surface area contributed by atoms with Crippen LogP contribution in [0.3, 0.4) is 0 Å². The maximum absolute atomic E-state index is 13.2. The van der Waals surface area contributed by atoms with Gasteiger partial charge in [-0.25, -0.2) is 4.98 Å². The molecule has 0 radical (unpaired) electrons. The van der Waals surface area contributed by atoms with Crippen LogP contribution in [0.4, 0.5) is 0 Å². The van der Waals surface area contributed by atoms with Crippen LogP contribution in [0.15, 0.2) is 60.9 Å². The van der Waals surface area contributed by atoms with E-state index in [4.69, 9.17) is 4.74 Å². The summed E-state index contributed by atoms with van der Waals surface area (Å²) in [5, 5.41) is 0. The van der Waals surface area contributed by atoms with Crippen molar-refractivity contribution < 1.29 is 9.53 Å². The third kappa shape index (κ3) is 4.15. The topological polar surface area (TPSA) is 47.4 Å². The van der Waals surface area contributed by atoms with Crippen LogP contribution >= 0.6 is 0 Å². The molecule has 1 amide bonds. The quantitative estimate of drug-likeness (QED) is 0.656. The molecule has 5 heteroatoms. The van der Waals surface area contributed by atoms with Crippen LogP contribution in [-0.2, 0) is 11.8 Å². The number of amides is 1. The first-order chi connectivity index (χ1) is 13.7. The maximum atomic E-state index is 13.2. The molecular formula is C23H25N3O2. The number of hydrogen-bond donors (Lipinski definition) is 0. The van der Waals surface area contributed by atoms with Gasteiger partial charge in [-0.05, 0) is 36.6 Å². The molecule has 1 saturated heterocycles. The molecule has 1 atom stereocenters. The summed E-state index contributed by atoms with van der Waals surface area (Å²) in [6.07, 6.45) is 8.05. The Morgan fingerprint density at radius 3 is 2.93 bits per heavy atom. The van der Waals surface area contributed by atoms with Gasteiger partial charge in [0.25, 0.3) is 5.91 Å². The molecule has 0 unspecified atom stereocenters. The fourth-order valence-electron chi connectivity index (χ4n) is 3.61. The Morgan fingerprint density at radius 2 is 2.14 bits per heavy atom. The van der Waals surface area contributed by atoms with Gasteiger partial charge in [0.2, 0.25) is 0 Å². The van der Waals surface area contributed by atoms with Crippen LogP contribution in [0.25, 0.3) is 17.1 Å². The molecule has 0 N–H and O–H groups in total. The molecule has 5 nitrogen and oxygen atoms in total. The number of aryl methyl sites for hydroxylation is 1. The van der Waals surface area contributed by atoms with Gasteiger partial charge in [0.05, 0.1) is 23.5 Å². The van der Waals surface area contributed by atoms with Gasteiger partial charge in [-0.15, -0.1) is 0 Å². The van der Waals surface area contributed by atoms with Gasteiger partial charge < -0.3 is 14.2 Å². The lowest BCUT2D eigenvalue weighted by Crippen LogP contribution is -2.37. The fraction of sp³-hybridized carbons (Fsp3) is 0.304. The summed E-state index contributed by atoms with van der Waals surface area (Å²) in [5.41, 5.74) is 3.65. The number of ether oxygens (including phenoxy) is 1. The zero-order valence-electron chi connectivity index (χ0n) is 16.1. The van der Waals surface area contributed by atoms with Crippen molar-refractivity contribution in [2.24, 2.45) is 7.05 Å². The summed E-state index contributed by atoms with van der Waals surface area (Å²) in [5.74, 6) is 0.0146. The zero-order chi connectivity index (χ0) is 19.3. The predicted molar refractivity (Wildman–Crippen MR) is 111 cm³/mol. The molecule has 1 aromatic heterocycles. The van der Waals surface area contributed by atoms with Gasteiger partial charge in [-0.2, -0.15) is 0 Å². The standard InChI is InChI=1S/C23H25N3O2/c1-25-17-24-21-15-19(11-12-22(21)25)23(27)26(16-20-10-6-14-28-20)13-5-9-18-7-3-2-4-8-18/h2-5,7-9,11-12,15,17,20H,6,10,13-14,16H2,1H3/b9-5+/t20-/m0/s1. The Labute approximate surface area is 165 Å². The molecule has 2 aromatic carbocycles. The van der Waals surface area contributed by atoms with Gasteiger partial charge in [0.15, 0.2) is 0 Å². The van der Waals surface area contributed by atoms with Gasteiger partial charge in [-0.3, -0.25) is 4.79 Å². The molecule has 3 aromatic rings. The second-order valence-corrected chi connectivity index (χ2v) is 7.22. The fourth-order valence-corrected chi connectivity index (χ4v) is 3.61. The van der Waals surface area contributed by atoms with E-state index in [1.807, 2.05) is 59.0 Å². The molecule has 28 heavy (non-hydrogen) atoms. The van der Waals surface area contributed by atoms with E-state index in [2.05, 4.69) is 23.2 Å². The molecule has 0 bridgehead atoms. The molecule has 0 aliphatic carbocycles. The van der Waals surface area contributed by atoms with Crippen molar-refractivity contribution >= 4 is 23.0 Å². The lowest BCUT2D eigenvalue weighted by molar-refractivity contribution is 0.0554. The van der Waals surface area contributed by atoms with E-state index in [-0.39, 0.29) is 12.0 Å². The van der Waals surface area contributed by atoms with Gasteiger partial charge in [-0.1, -0.05) is 42.5 Å². The Hall–Kier alpha value is -2.92. The first-order valence-corrected chi connectivity index (χ1v) is 9.74. The molecule has 4 rings (SSSR count). The first-order valence-electron chi connectivity index (χ1n) is 9.74. The number of hydrogen-bond acceptors (Lipinski definition) is 3. The Morgan fingerprint density at radius 1 is 1.29 bits per heavy atom. The average molecular weight is 375 g/mol. The lowest BCUT2D eigenvalue weighted by Gasteiger charge is -2.24. The molecular weight excluding hydrogens is 350 g/mol. The zero-order valence-corrected chi connectivity index (χ0v) is 16.1. The third-order valence-corrected chi connectivity index (χ3v) is 5.14. The third-order valence-electron chi connectivity index (χ3n) is 5.14. The highest BCUT2D eigenvalue weighted by Gasteiger charge is 2.23. The monoisotopic (exact) mass is 375 g/mol. The first kappa shape index (κ1) is 18.4. The predicted octanol–water partition coefficient (Wildman–Crippen LogP) is 3.91. The summed E-state index contributed by atoms with van der Waals surface area (Å²) in [7, 11) is 1.95. The number of imidazole rings is 1. The second-order valence-electron chi connectivity index (χ2n) is 7.22. The van der Waals surface area contributed by atoms with E-state index in [0.717, 1.165) is 36.0 Å². The van der Waals surface area contributed by atoms with Crippen molar-refractivity contribution in [1.82, 2.24) is 14.5 Å². The van der Waals surface area contributed by atoms with Crippen LogP contribution in [0.1, 0.15) is 28.8 Å². The second kappa shape index (κ2) is 8.40. The smallest absolute Gasteiger partial charge is 0.254 e. The van der Waals surface area contributed by atoms with E-state index in [1.54, 1.807) is 6.33 Å².